The number of hydrogen-bond acceptors (Lipinski definition) is 4. The van der Waals surface area contributed by atoms with Crippen LogP contribution in [0, 0.1) is 0 Å². The number of nitrogens with one attached hydrogen (secondary N) is 1. The predicted molar refractivity (Wildman–Crippen MR) is 79.4 cm³/mol. The molecule has 0 atom stereocenters. The van der Waals surface area contributed by atoms with Gasteiger partial charge in [0.1, 0.15) is 0 Å². The number of hydrogen-bond donors (Lipinski definition) is 1. The third-order valence-electron chi connectivity index (χ3n) is 2.96. The Hall–Kier alpha value is -1.87. The molecule has 0 saturated heterocycles. The summed E-state index contributed by atoms with van der Waals surface area (Å²) in [6, 6.07) is 4.77. The number of thiophene rings is 1. The summed E-state index contributed by atoms with van der Waals surface area (Å²) in [5.74, 6) is -0.712. The molecule has 4 nitrogen and oxygen atoms in total. The molecule has 1 N–H and O–H groups in total. The van der Waals surface area contributed by atoms with Crippen LogP contribution in [0.5, 0.6) is 0 Å². The highest BCUT2D eigenvalue weighted by atomic mass is 32.2. The fraction of sp³-hybridized carbons (Fsp3) is 0.214. The average molecular weight is 363 g/mol. The fourth-order valence-electron chi connectivity index (χ4n) is 1.78. The van der Waals surface area contributed by atoms with Crippen LogP contribution in [0.15, 0.2) is 46.0 Å². The summed E-state index contributed by atoms with van der Waals surface area (Å²) in [5, 5.41) is 3.68. The van der Waals surface area contributed by atoms with Crippen molar-refractivity contribution < 1.29 is 26.4 Å². The Kier molecular flexibility index (Phi) is 5.10. The third-order valence-corrected chi connectivity index (χ3v) is 5.08. The number of aryl methyl sites for hydroxylation is 1. The van der Waals surface area contributed by atoms with Crippen molar-refractivity contribution in [2.45, 2.75) is 23.9 Å². The fourth-order valence-corrected chi connectivity index (χ4v) is 3.49. The lowest BCUT2D eigenvalue weighted by Crippen LogP contribution is -2.30. The van der Waals surface area contributed by atoms with Crippen molar-refractivity contribution in [3.8, 4) is 0 Å². The van der Waals surface area contributed by atoms with E-state index in [0.29, 0.717) is 18.6 Å². The Bertz CT molecular complexity index is 767. The number of alkyl halides is 3. The Balaban J connectivity index is 2.02. The quantitative estimate of drug-likeness (QED) is 0.887. The van der Waals surface area contributed by atoms with Crippen LogP contribution in [0.4, 0.5) is 13.2 Å². The smallest absolute Gasteiger partial charge is 0.274 e. The standard InChI is InChI=1S/C14H12F3NO3S2/c15-14(16,17)11-2-4-12(5-3-11)23(20,21)18-13(19)6-1-10-7-8-22-9-10/h2-5,7-9H,1,6H2,(H,18,19). The predicted octanol–water partition coefficient (Wildman–Crippen LogP) is 3.20. The number of benzene rings is 1. The van der Waals surface area contributed by atoms with Gasteiger partial charge in [-0.1, -0.05) is 0 Å². The molecule has 1 aromatic heterocycles. The van der Waals surface area contributed by atoms with Crippen LogP contribution in [0.3, 0.4) is 0 Å². The minimum atomic E-state index is -4.55. The van der Waals surface area contributed by atoms with E-state index in [1.807, 2.05) is 21.5 Å². The van der Waals surface area contributed by atoms with Gasteiger partial charge in [0.2, 0.25) is 5.91 Å². The molecule has 0 aliphatic rings. The zero-order valence-corrected chi connectivity index (χ0v) is 13.3. The van der Waals surface area contributed by atoms with Crippen molar-refractivity contribution in [3.63, 3.8) is 0 Å². The van der Waals surface area contributed by atoms with Gasteiger partial charge in [0, 0.05) is 6.42 Å². The van der Waals surface area contributed by atoms with Crippen molar-refractivity contribution in [1.82, 2.24) is 4.72 Å². The first kappa shape index (κ1) is 17.5. The van der Waals surface area contributed by atoms with Crippen LogP contribution >= 0.6 is 11.3 Å². The van der Waals surface area contributed by atoms with Gasteiger partial charge in [-0.3, -0.25) is 4.79 Å². The van der Waals surface area contributed by atoms with E-state index in [-0.39, 0.29) is 6.42 Å². The van der Waals surface area contributed by atoms with Gasteiger partial charge >= 0.3 is 6.18 Å². The molecule has 0 aliphatic heterocycles. The van der Waals surface area contributed by atoms with Gasteiger partial charge in [0.25, 0.3) is 10.0 Å². The zero-order valence-electron chi connectivity index (χ0n) is 11.6. The molecule has 0 aliphatic carbocycles. The molecule has 0 saturated carbocycles. The second kappa shape index (κ2) is 6.71. The maximum absolute atomic E-state index is 12.4. The van der Waals surface area contributed by atoms with Crippen LogP contribution in [0.25, 0.3) is 0 Å². The molecule has 124 valence electrons. The van der Waals surface area contributed by atoms with Gasteiger partial charge in [-0.05, 0) is 53.1 Å². The molecule has 0 fully saturated rings. The van der Waals surface area contributed by atoms with Gasteiger partial charge in [-0.2, -0.15) is 24.5 Å². The molecule has 1 aromatic carbocycles. The van der Waals surface area contributed by atoms with Crippen LogP contribution in [-0.4, -0.2) is 14.3 Å². The molecule has 1 amide bonds. The second-order valence-electron chi connectivity index (χ2n) is 4.68. The number of carbonyl (C=O) groups is 1. The lowest BCUT2D eigenvalue weighted by molar-refractivity contribution is -0.137. The molecular weight excluding hydrogens is 351 g/mol. The number of amides is 1. The summed E-state index contributed by atoms with van der Waals surface area (Å²) in [5.41, 5.74) is -0.0442. The van der Waals surface area contributed by atoms with Crippen molar-refractivity contribution in [1.29, 1.82) is 0 Å². The second-order valence-corrected chi connectivity index (χ2v) is 7.14. The SMILES string of the molecule is O=C(CCc1ccsc1)NS(=O)(=O)c1ccc(C(F)(F)F)cc1. The van der Waals surface area contributed by atoms with E-state index in [1.54, 1.807) is 0 Å². The first-order valence-corrected chi connectivity index (χ1v) is 8.85. The van der Waals surface area contributed by atoms with Crippen molar-refractivity contribution in [2.75, 3.05) is 0 Å². The van der Waals surface area contributed by atoms with Crippen molar-refractivity contribution in [2.24, 2.45) is 0 Å². The summed E-state index contributed by atoms with van der Waals surface area (Å²) < 4.78 is 63.1. The van der Waals surface area contributed by atoms with Crippen LogP contribution in [-0.2, 0) is 27.4 Å². The van der Waals surface area contributed by atoms with E-state index >= 15 is 0 Å². The van der Waals surface area contributed by atoms with Crippen molar-refractivity contribution in [3.05, 3.63) is 52.2 Å². The number of sulfonamides is 1. The monoisotopic (exact) mass is 363 g/mol. The number of carbonyl (C=O) groups excluding carboxylic acids is 1. The van der Waals surface area contributed by atoms with Gasteiger partial charge in [-0.25, -0.2) is 13.1 Å². The molecular formula is C14H12F3NO3S2. The van der Waals surface area contributed by atoms with Crippen LogP contribution in [0.1, 0.15) is 17.5 Å². The molecule has 23 heavy (non-hydrogen) atoms. The molecule has 0 unspecified atom stereocenters. The molecule has 1 heterocycles. The normalized spacial score (nSPS) is 12.1. The van der Waals surface area contributed by atoms with E-state index in [2.05, 4.69) is 0 Å². The van der Waals surface area contributed by atoms with Crippen LogP contribution < -0.4 is 4.72 Å². The Morgan fingerprint density at radius 1 is 1.13 bits per heavy atom. The molecule has 9 heteroatoms. The minimum Gasteiger partial charge on any atom is -0.274 e. The highest BCUT2D eigenvalue weighted by Crippen LogP contribution is 2.29. The van der Waals surface area contributed by atoms with E-state index in [4.69, 9.17) is 0 Å². The molecule has 0 radical (unpaired) electrons. The summed E-state index contributed by atoms with van der Waals surface area (Å²) in [4.78, 5) is 11.3. The molecule has 2 rings (SSSR count). The van der Waals surface area contributed by atoms with Gasteiger partial charge in [0.15, 0.2) is 0 Å². The highest BCUT2D eigenvalue weighted by Gasteiger charge is 2.30. The van der Waals surface area contributed by atoms with Gasteiger partial charge < -0.3 is 0 Å². The summed E-state index contributed by atoms with van der Waals surface area (Å²) in [7, 11) is -4.18. The average Bonchev–Trinajstić information content (AvgIpc) is 2.97. The maximum Gasteiger partial charge on any atom is 0.416 e. The first-order valence-electron chi connectivity index (χ1n) is 6.42. The highest BCUT2D eigenvalue weighted by molar-refractivity contribution is 7.90. The van der Waals surface area contributed by atoms with E-state index in [1.165, 1.54) is 11.3 Å². The van der Waals surface area contributed by atoms with E-state index in [9.17, 15) is 26.4 Å². The molecule has 0 bridgehead atoms. The number of halogens is 3. The Morgan fingerprint density at radius 2 is 1.78 bits per heavy atom. The largest absolute Gasteiger partial charge is 0.416 e. The van der Waals surface area contributed by atoms with E-state index < -0.39 is 32.6 Å². The first-order chi connectivity index (χ1) is 10.7. The van der Waals surface area contributed by atoms with Gasteiger partial charge in [0.05, 0.1) is 10.5 Å². The summed E-state index contributed by atoms with van der Waals surface area (Å²) in [6.07, 6.45) is -4.19. The zero-order chi connectivity index (χ0) is 17.1. The van der Waals surface area contributed by atoms with Crippen LogP contribution in [0.2, 0.25) is 0 Å². The lowest BCUT2D eigenvalue weighted by atomic mass is 10.2. The molecule has 0 spiro atoms. The Morgan fingerprint density at radius 3 is 2.30 bits per heavy atom. The molecule has 2 aromatic rings. The Labute approximate surface area is 135 Å². The lowest BCUT2D eigenvalue weighted by Gasteiger charge is -2.09. The summed E-state index contributed by atoms with van der Waals surface area (Å²) in [6.45, 7) is 0. The maximum atomic E-state index is 12.4. The number of rotatable bonds is 5. The minimum absolute atomic E-state index is 0.0312. The topological polar surface area (TPSA) is 63.2 Å². The van der Waals surface area contributed by atoms with Crippen molar-refractivity contribution >= 4 is 27.3 Å². The summed E-state index contributed by atoms with van der Waals surface area (Å²) >= 11 is 1.46. The van der Waals surface area contributed by atoms with Gasteiger partial charge in [-0.15, -0.1) is 0 Å². The third kappa shape index (κ3) is 4.80. The van der Waals surface area contributed by atoms with E-state index in [0.717, 1.165) is 17.7 Å².